The fourth-order valence-electron chi connectivity index (χ4n) is 5.92. The van der Waals surface area contributed by atoms with Crippen LogP contribution < -0.4 is 4.90 Å². The van der Waals surface area contributed by atoms with Crippen molar-refractivity contribution in [2.75, 3.05) is 18.6 Å². The minimum Gasteiger partial charge on any atom is -0.465 e. The van der Waals surface area contributed by atoms with Crippen LogP contribution in [0.25, 0.3) is 21.5 Å². The summed E-state index contributed by atoms with van der Waals surface area (Å²) in [5.74, 6) is 0.475. The second-order valence-corrected chi connectivity index (χ2v) is 12.2. The standard InChI is InChI=1S/C28H24Cl2FN3O4S/c1-36-27(35)14-8-20(31)25-22(9-14)39-28(32-25)34-11-15-7-16(34)10-21(15)37-12-17-24(33-38-26(17)13-5-6-13)23-18(29)3-2-4-19(23)30/h2-4,8-9,13,15-16,21H,5-7,10-12H2,1H3/t15-,16-,21-/m1/s1. The number of ether oxygens (including phenoxy) is 2. The SMILES string of the molecule is COC(=O)c1cc(F)c2nc(N3C[C@H]4C[C@@H]3C[C@H]4OCc3c(-c4c(Cl)cccc4Cl)noc3C3CC3)sc2c1. The summed E-state index contributed by atoms with van der Waals surface area (Å²) < 4.78 is 32.4. The average molecular weight is 588 g/mol. The van der Waals surface area contributed by atoms with Gasteiger partial charge in [0, 0.05) is 35.5 Å². The van der Waals surface area contributed by atoms with Crippen molar-refractivity contribution < 1.29 is 23.2 Å². The van der Waals surface area contributed by atoms with E-state index in [0.29, 0.717) is 44.4 Å². The largest absolute Gasteiger partial charge is 0.465 e. The minimum absolute atomic E-state index is 0.0832. The maximum absolute atomic E-state index is 14.7. The van der Waals surface area contributed by atoms with Crippen LogP contribution in [0.2, 0.25) is 10.0 Å². The smallest absolute Gasteiger partial charge is 0.338 e. The van der Waals surface area contributed by atoms with Gasteiger partial charge < -0.3 is 18.9 Å². The van der Waals surface area contributed by atoms with Gasteiger partial charge >= 0.3 is 5.97 Å². The maximum atomic E-state index is 14.7. The van der Waals surface area contributed by atoms with Crippen molar-refractivity contribution in [1.82, 2.24) is 10.1 Å². The van der Waals surface area contributed by atoms with Gasteiger partial charge in [-0.05, 0) is 49.9 Å². The molecule has 1 saturated heterocycles. The molecule has 3 atom stereocenters. The van der Waals surface area contributed by atoms with Crippen LogP contribution in [0.15, 0.2) is 34.9 Å². The lowest BCUT2D eigenvalue weighted by molar-refractivity contribution is 0.0122. The molecule has 202 valence electrons. The van der Waals surface area contributed by atoms with Crippen molar-refractivity contribution in [2.24, 2.45) is 5.92 Å². The number of carbonyl (C=O) groups excluding carboxylic acids is 1. The lowest BCUT2D eigenvalue weighted by Gasteiger charge is -2.31. The van der Waals surface area contributed by atoms with Crippen LogP contribution in [0.1, 0.15) is 53.3 Å². The van der Waals surface area contributed by atoms with Crippen LogP contribution >= 0.6 is 34.5 Å². The Hall–Kier alpha value is -2.72. The number of esters is 1. The second kappa shape index (κ2) is 9.73. The Morgan fingerprint density at radius 3 is 2.72 bits per heavy atom. The molecular weight excluding hydrogens is 564 g/mol. The molecule has 2 bridgehead atoms. The first-order chi connectivity index (χ1) is 18.9. The van der Waals surface area contributed by atoms with E-state index in [-0.39, 0.29) is 23.2 Å². The van der Waals surface area contributed by atoms with Gasteiger partial charge in [0.2, 0.25) is 0 Å². The molecule has 3 heterocycles. The summed E-state index contributed by atoms with van der Waals surface area (Å²) in [6.45, 7) is 1.16. The molecule has 4 aromatic rings. The number of hydrogen-bond acceptors (Lipinski definition) is 8. The third-order valence-electron chi connectivity index (χ3n) is 7.99. The first-order valence-corrected chi connectivity index (χ1v) is 14.5. The normalized spacial score (nSPS) is 22.3. The number of methoxy groups -OCH3 is 1. The van der Waals surface area contributed by atoms with Crippen LogP contribution in [0, 0.1) is 11.7 Å². The van der Waals surface area contributed by atoms with Crippen LogP contribution in [-0.2, 0) is 16.1 Å². The first-order valence-electron chi connectivity index (χ1n) is 12.9. The molecule has 0 spiro atoms. The Morgan fingerprint density at radius 1 is 1.23 bits per heavy atom. The van der Waals surface area contributed by atoms with E-state index in [1.807, 2.05) is 6.07 Å². The molecule has 2 saturated carbocycles. The van der Waals surface area contributed by atoms with Crippen LogP contribution in [0.4, 0.5) is 9.52 Å². The predicted molar refractivity (Wildman–Crippen MR) is 147 cm³/mol. The van der Waals surface area contributed by atoms with E-state index in [1.165, 1.54) is 24.5 Å². The zero-order valence-corrected chi connectivity index (χ0v) is 23.3. The van der Waals surface area contributed by atoms with Gasteiger partial charge in [0.05, 0.1) is 40.1 Å². The quantitative estimate of drug-likeness (QED) is 0.211. The lowest BCUT2D eigenvalue weighted by Crippen LogP contribution is -2.38. The van der Waals surface area contributed by atoms with Gasteiger partial charge in [0.15, 0.2) is 10.9 Å². The van der Waals surface area contributed by atoms with Crippen LogP contribution in [-0.4, -0.2) is 41.9 Å². The molecule has 3 aliphatic rings. The van der Waals surface area contributed by atoms with E-state index in [2.05, 4.69) is 15.0 Å². The number of fused-ring (bicyclic) bond motifs is 3. The third kappa shape index (κ3) is 4.40. The molecule has 39 heavy (non-hydrogen) atoms. The average Bonchev–Trinajstić information content (AvgIpc) is 3.24. The van der Waals surface area contributed by atoms with Gasteiger partial charge in [-0.1, -0.05) is 45.8 Å². The molecule has 7 nitrogen and oxygen atoms in total. The van der Waals surface area contributed by atoms with Crippen LogP contribution in [0.5, 0.6) is 0 Å². The minimum atomic E-state index is -0.566. The number of anilines is 1. The molecule has 2 aromatic heterocycles. The third-order valence-corrected chi connectivity index (χ3v) is 9.66. The summed E-state index contributed by atoms with van der Waals surface area (Å²) in [4.78, 5) is 18.7. The molecule has 3 fully saturated rings. The Bertz CT molecular complexity index is 1580. The van der Waals surface area contributed by atoms with E-state index in [0.717, 1.165) is 48.7 Å². The van der Waals surface area contributed by atoms with Crippen molar-refractivity contribution in [2.45, 2.75) is 50.4 Å². The lowest BCUT2D eigenvalue weighted by atomic mass is 10.0. The Balaban J connectivity index is 1.08. The van der Waals surface area contributed by atoms with Crippen molar-refractivity contribution in [1.29, 1.82) is 0 Å². The predicted octanol–water partition coefficient (Wildman–Crippen LogP) is 7.25. The van der Waals surface area contributed by atoms with Gasteiger partial charge in [-0.3, -0.25) is 0 Å². The molecule has 2 aromatic carbocycles. The molecule has 11 heteroatoms. The number of thiazole rings is 1. The van der Waals surface area contributed by atoms with Gasteiger partial charge in [-0.15, -0.1) is 0 Å². The van der Waals surface area contributed by atoms with Crippen molar-refractivity contribution in [3.05, 3.63) is 63.1 Å². The number of hydrogen-bond donors (Lipinski definition) is 0. The number of halogens is 3. The number of nitrogens with zero attached hydrogens (tertiary/aromatic N) is 3. The van der Waals surface area contributed by atoms with Crippen LogP contribution in [0.3, 0.4) is 0 Å². The number of aromatic nitrogens is 2. The topological polar surface area (TPSA) is 77.7 Å². The molecule has 0 N–H and O–H groups in total. The number of carbonyl (C=O) groups is 1. The van der Waals surface area contributed by atoms with Crippen molar-refractivity contribution >= 4 is 55.9 Å². The molecule has 1 aliphatic heterocycles. The number of piperidine rings is 1. The molecule has 0 unspecified atom stereocenters. The second-order valence-electron chi connectivity index (χ2n) is 10.4. The zero-order valence-electron chi connectivity index (χ0n) is 21.0. The zero-order chi connectivity index (χ0) is 26.8. The Morgan fingerprint density at radius 2 is 2.03 bits per heavy atom. The van der Waals surface area contributed by atoms with Gasteiger partial charge in [0.25, 0.3) is 0 Å². The van der Waals surface area contributed by atoms with Crippen molar-refractivity contribution in [3.8, 4) is 11.3 Å². The highest BCUT2D eigenvalue weighted by atomic mass is 35.5. The Kier molecular flexibility index (Phi) is 6.30. The first kappa shape index (κ1) is 25.3. The van der Waals surface area contributed by atoms with E-state index >= 15 is 0 Å². The monoisotopic (exact) mass is 587 g/mol. The van der Waals surface area contributed by atoms with E-state index < -0.39 is 11.8 Å². The summed E-state index contributed by atoms with van der Waals surface area (Å²) in [6, 6.07) is 8.49. The highest BCUT2D eigenvalue weighted by Gasteiger charge is 2.46. The number of rotatable bonds is 7. The summed E-state index contributed by atoms with van der Waals surface area (Å²) in [7, 11) is 1.28. The summed E-state index contributed by atoms with van der Waals surface area (Å²) in [6.07, 6.45) is 4.07. The van der Waals surface area contributed by atoms with E-state index in [1.54, 1.807) is 18.2 Å². The molecule has 0 amide bonds. The Labute approximate surface area is 237 Å². The molecule has 7 rings (SSSR count). The highest BCUT2D eigenvalue weighted by Crippen LogP contribution is 2.48. The molecular formula is C28H24Cl2FN3O4S. The van der Waals surface area contributed by atoms with Gasteiger partial charge in [0.1, 0.15) is 17.0 Å². The highest BCUT2D eigenvalue weighted by molar-refractivity contribution is 7.22. The van der Waals surface area contributed by atoms with E-state index in [4.69, 9.17) is 37.2 Å². The summed E-state index contributed by atoms with van der Waals surface area (Å²) in [5, 5.41) is 6.19. The molecule has 0 radical (unpaired) electrons. The summed E-state index contributed by atoms with van der Waals surface area (Å²) in [5.41, 5.74) is 2.72. The fraction of sp³-hybridized carbons (Fsp3) is 0.393. The maximum Gasteiger partial charge on any atom is 0.338 e. The van der Waals surface area contributed by atoms with E-state index in [9.17, 15) is 9.18 Å². The molecule has 2 aliphatic carbocycles. The van der Waals surface area contributed by atoms with Gasteiger partial charge in [-0.2, -0.15) is 0 Å². The summed E-state index contributed by atoms with van der Waals surface area (Å²) >= 11 is 14.4. The van der Waals surface area contributed by atoms with Crippen molar-refractivity contribution in [3.63, 3.8) is 0 Å². The fourth-order valence-corrected chi connectivity index (χ4v) is 7.60. The van der Waals surface area contributed by atoms with Gasteiger partial charge in [-0.25, -0.2) is 14.2 Å². The number of benzene rings is 2.